The van der Waals surface area contributed by atoms with Gasteiger partial charge in [0.05, 0.1) is 29.0 Å². The molecule has 0 aliphatic carbocycles. The monoisotopic (exact) mass is 474 g/mol. The van der Waals surface area contributed by atoms with Crippen LogP contribution < -0.4 is 19.6 Å². The number of thiazole rings is 1. The van der Waals surface area contributed by atoms with Crippen LogP contribution in [0.5, 0.6) is 5.75 Å². The van der Waals surface area contributed by atoms with E-state index in [9.17, 15) is 14.4 Å². The average molecular weight is 475 g/mol. The van der Waals surface area contributed by atoms with Gasteiger partial charge in [-0.05, 0) is 36.3 Å². The largest absolute Gasteiger partial charge is 0.466 e. The van der Waals surface area contributed by atoms with E-state index in [0.717, 1.165) is 5.56 Å². The Morgan fingerprint density at radius 3 is 2.44 bits per heavy atom. The van der Waals surface area contributed by atoms with Crippen LogP contribution in [0.25, 0.3) is 12.2 Å². The second-order valence-corrected chi connectivity index (χ2v) is 8.54. The van der Waals surface area contributed by atoms with E-state index in [1.807, 2.05) is 42.5 Å². The van der Waals surface area contributed by atoms with Crippen molar-refractivity contribution in [1.82, 2.24) is 4.57 Å². The second kappa shape index (κ2) is 9.84. The minimum atomic E-state index is -0.727. The van der Waals surface area contributed by atoms with Crippen LogP contribution >= 0.6 is 11.3 Å². The topological polar surface area (TPSA) is 87.0 Å². The van der Waals surface area contributed by atoms with Crippen LogP contribution in [0.2, 0.25) is 0 Å². The molecule has 0 amide bonds. The van der Waals surface area contributed by atoms with Gasteiger partial charge < -0.3 is 9.47 Å². The number of nitrogens with zero attached hydrogens (tertiary/aromatic N) is 2. The Morgan fingerprint density at radius 1 is 1.09 bits per heavy atom. The Morgan fingerprint density at radius 2 is 1.79 bits per heavy atom. The van der Waals surface area contributed by atoms with Crippen molar-refractivity contribution in [2.45, 2.75) is 19.9 Å². The van der Waals surface area contributed by atoms with Crippen LogP contribution in [0, 0.1) is 0 Å². The van der Waals surface area contributed by atoms with Crippen molar-refractivity contribution >= 4 is 35.4 Å². The first kappa shape index (κ1) is 23.1. The van der Waals surface area contributed by atoms with E-state index in [4.69, 9.17) is 9.47 Å². The van der Waals surface area contributed by atoms with Crippen molar-refractivity contribution in [3.63, 3.8) is 0 Å². The van der Waals surface area contributed by atoms with Crippen LogP contribution in [0.15, 0.2) is 81.7 Å². The van der Waals surface area contributed by atoms with E-state index in [2.05, 4.69) is 4.99 Å². The van der Waals surface area contributed by atoms with Gasteiger partial charge >= 0.3 is 11.9 Å². The number of ether oxygens (including phenoxy) is 2. The lowest BCUT2D eigenvalue weighted by atomic mass is 9.96. The Kier molecular flexibility index (Phi) is 6.70. The lowest BCUT2D eigenvalue weighted by molar-refractivity contribution is -0.136. The third-order valence-corrected chi connectivity index (χ3v) is 6.22. The number of hydrogen-bond acceptors (Lipinski definition) is 7. The molecule has 1 aliphatic heterocycles. The molecule has 34 heavy (non-hydrogen) atoms. The minimum Gasteiger partial charge on any atom is -0.466 e. The summed E-state index contributed by atoms with van der Waals surface area (Å²) in [6, 6.07) is 15.7. The van der Waals surface area contributed by atoms with Crippen molar-refractivity contribution in [1.29, 1.82) is 0 Å². The maximum Gasteiger partial charge on any atom is 0.338 e. The van der Waals surface area contributed by atoms with Crippen molar-refractivity contribution < 1.29 is 19.1 Å². The molecule has 0 radical (unpaired) electrons. The van der Waals surface area contributed by atoms with Crippen molar-refractivity contribution in [2.75, 3.05) is 7.11 Å². The second-order valence-electron chi connectivity index (χ2n) is 7.53. The van der Waals surface area contributed by atoms with Crippen molar-refractivity contribution in [2.24, 2.45) is 4.99 Å². The van der Waals surface area contributed by atoms with Gasteiger partial charge in [0.25, 0.3) is 5.56 Å². The standard InChI is InChI=1S/C26H22N2O5S/c1-16-22(25(31)32-3)23(19-12-14-20(15-13-19)33-17(2)29)28-24(30)21(34-26(28)27-16)11-7-10-18-8-5-4-6-9-18/h4-15,23H,1-3H3/b10-7+,21-11+/t23-/m1/s1. The molecular weight excluding hydrogens is 452 g/mol. The fourth-order valence-electron chi connectivity index (χ4n) is 3.72. The van der Waals surface area contributed by atoms with Crippen molar-refractivity contribution in [3.05, 3.63) is 103 Å². The van der Waals surface area contributed by atoms with E-state index in [1.165, 1.54) is 29.9 Å². The highest BCUT2D eigenvalue weighted by Gasteiger charge is 2.33. The summed E-state index contributed by atoms with van der Waals surface area (Å²) in [4.78, 5) is 42.4. The molecule has 2 aromatic carbocycles. The fraction of sp³-hybridized carbons (Fsp3) is 0.154. The molecule has 1 atom stereocenters. The van der Waals surface area contributed by atoms with Gasteiger partial charge in [-0.3, -0.25) is 14.2 Å². The molecule has 1 aromatic heterocycles. The molecule has 7 nitrogen and oxygen atoms in total. The predicted molar refractivity (Wildman–Crippen MR) is 130 cm³/mol. The van der Waals surface area contributed by atoms with Crippen molar-refractivity contribution in [3.8, 4) is 5.75 Å². The third-order valence-electron chi connectivity index (χ3n) is 5.22. The number of benzene rings is 2. The molecule has 0 spiro atoms. The normalized spacial score (nSPS) is 15.7. The number of allylic oxidation sites excluding steroid dienone is 2. The van der Waals surface area contributed by atoms with E-state index >= 15 is 0 Å². The SMILES string of the molecule is COC(=O)C1=C(C)N=c2s/c(=C/C=C/c3ccccc3)c(=O)n2[C@@H]1c1ccc(OC(C)=O)cc1. The number of rotatable bonds is 5. The molecule has 4 rings (SSSR count). The third kappa shape index (κ3) is 4.67. The molecule has 0 saturated heterocycles. The summed E-state index contributed by atoms with van der Waals surface area (Å²) in [7, 11) is 1.29. The van der Waals surface area contributed by atoms with Crippen LogP contribution in [-0.4, -0.2) is 23.6 Å². The quantitative estimate of drug-likeness (QED) is 0.419. The van der Waals surface area contributed by atoms with Gasteiger partial charge in [-0.2, -0.15) is 0 Å². The summed E-state index contributed by atoms with van der Waals surface area (Å²) < 4.78 is 12.1. The van der Waals surface area contributed by atoms with Gasteiger partial charge in [-0.25, -0.2) is 9.79 Å². The molecule has 0 saturated carbocycles. The average Bonchev–Trinajstić information content (AvgIpc) is 3.13. The zero-order valence-electron chi connectivity index (χ0n) is 18.8. The van der Waals surface area contributed by atoms with Gasteiger partial charge in [0, 0.05) is 6.92 Å². The number of fused-ring (bicyclic) bond motifs is 1. The Bertz CT molecular complexity index is 1480. The Labute approximate surface area is 199 Å². The molecule has 2 heterocycles. The molecule has 172 valence electrons. The maximum absolute atomic E-state index is 13.4. The summed E-state index contributed by atoms with van der Waals surface area (Å²) >= 11 is 1.25. The fourth-order valence-corrected chi connectivity index (χ4v) is 4.72. The molecule has 0 fully saturated rings. The zero-order chi connectivity index (χ0) is 24.2. The van der Waals surface area contributed by atoms with Gasteiger partial charge in [-0.1, -0.05) is 66.0 Å². The Balaban J connectivity index is 1.83. The minimum absolute atomic E-state index is 0.260. The smallest absolute Gasteiger partial charge is 0.338 e. The van der Waals surface area contributed by atoms with E-state index in [0.29, 0.717) is 26.3 Å². The molecule has 1 aliphatic rings. The predicted octanol–water partition coefficient (Wildman–Crippen LogP) is 3.00. The lowest BCUT2D eigenvalue weighted by Gasteiger charge is -2.24. The number of hydrogen-bond donors (Lipinski definition) is 0. The van der Waals surface area contributed by atoms with E-state index < -0.39 is 18.0 Å². The van der Waals surface area contributed by atoms with Gasteiger partial charge in [0.1, 0.15) is 5.75 Å². The summed E-state index contributed by atoms with van der Waals surface area (Å²) in [6.07, 6.45) is 5.47. The number of esters is 2. The first-order valence-electron chi connectivity index (χ1n) is 10.5. The van der Waals surface area contributed by atoms with E-state index in [1.54, 1.807) is 37.3 Å². The highest BCUT2D eigenvalue weighted by atomic mass is 32.1. The number of methoxy groups -OCH3 is 1. The van der Waals surface area contributed by atoms with Crippen LogP contribution in [0.4, 0.5) is 0 Å². The van der Waals surface area contributed by atoms with Crippen LogP contribution in [0.1, 0.15) is 31.0 Å². The molecule has 0 N–H and O–H groups in total. The van der Waals surface area contributed by atoms with Gasteiger partial charge in [0.15, 0.2) is 4.80 Å². The molecule has 0 unspecified atom stereocenters. The highest BCUT2D eigenvalue weighted by molar-refractivity contribution is 7.07. The number of aromatic nitrogens is 1. The number of carbonyl (C=O) groups excluding carboxylic acids is 2. The summed E-state index contributed by atoms with van der Waals surface area (Å²) in [5, 5.41) is 0. The first-order chi connectivity index (χ1) is 16.4. The van der Waals surface area contributed by atoms with Crippen LogP contribution in [0.3, 0.4) is 0 Å². The number of carbonyl (C=O) groups is 2. The molecular formula is C26H22N2O5S. The molecule has 8 heteroatoms. The zero-order valence-corrected chi connectivity index (χ0v) is 19.7. The summed E-state index contributed by atoms with van der Waals surface area (Å²) in [6.45, 7) is 3.04. The maximum atomic E-state index is 13.4. The summed E-state index contributed by atoms with van der Waals surface area (Å²) in [5.74, 6) is -0.626. The Hall–Kier alpha value is -4.04. The summed E-state index contributed by atoms with van der Waals surface area (Å²) in [5.41, 5.74) is 2.18. The van der Waals surface area contributed by atoms with Crippen LogP contribution in [-0.2, 0) is 14.3 Å². The highest BCUT2D eigenvalue weighted by Crippen LogP contribution is 2.31. The molecule has 0 bridgehead atoms. The first-order valence-corrected chi connectivity index (χ1v) is 11.3. The molecule has 3 aromatic rings. The van der Waals surface area contributed by atoms with E-state index in [-0.39, 0.29) is 11.1 Å². The van der Waals surface area contributed by atoms with Gasteiger partial charge in [0.2, 0.25) is 0 Å². The van der Waals surface area contributed by atoms with Gasteiger partial charge in [-0.15, -0.1) is 0 Å². The lowest BCUT2D eigenvalue weighted by Crippen LogP contribution is -2.39.